The minimum absolute atomic E-state index is 0.0480. The summed E-state index contributed by atoms with van der Waals surface area (Å²) in [4.78, 5) is 14.5. The molecule has 1 aromatic carbocycles. The van der Waals surface area contributed by atoms with Crippen LogP contribution in [0.1, 0.15) is 31.2 Å². The van der Waals surface area contributed by atoms with Crippen molar-refractivity contribution in [3.63, 3.8) is 0 Å². The Balaban J connectivity index is 1.66. The smallest absolute Gasteiger partial charge is 0.320 e. The van der Waals surface area contributed by atoms with Gasteiger partial charge in [-0.1, -0.05) is 12.1 Å². The Morgan fingerprint density at radius 3 is 3.00 bits per heavy atom. The number of aryl methyl sites for hydroxylation is 1. The molecule has 2 aliphatic heterocycles. The van der Waals surface area contributed by atoms with Gasteiger partial charge >= 0.3 is 6.03 Å². The van der Waals surface area contributed by atoms with Crippen molar-refractivity contribution in [2.24, 2.45) is 0 Å². The number of carbonyl (C=O) groups is 1. The highest BCUT2D eigenvalue weighted by atomic mass is 16.2. The molecule has 0 spiro atoms. The van der Waals surface area contributed by atoms with Crippen LogP contribution in [0.2, 0.25) is 0 Å². The van der Waals surface area contributed by atoms with Gasteiger partial charge < -0.3 is 15.5 Å². The lowest BCUT2D eigenvalue weighted by molar-refractivity contribution is 0.195. The maximum absolute atomic E-state index is 12.5. The van der Waals surface area contributed by atoms with Crippen LogP contribution in [-0.2, 0) is 0 Å². The number of urea groups is 1. The molecule has 0 aromatic heterocycles. The molecule has 2 N–H and O–H groups in total. The molecular formula is C16H23N3O. The molecule has 2 fully saturated rings. The van der Waals surface area contributed by atoms with E-state index in [1.165, 1.54) is 18.4 Å². The van der Waals surface area contributed by atoms with E-state index in [2.05, 4.69) is 10.6 Å². The van der Waals surface area contributed by atoms with E-state index in [1.54, 1.807) is 0 Å². The summed E-state index contributed by atoms with van der Waals surface area (Å²) in [6.45, 7) is 4.01. The van der Waals surface area contributed by atoms with Crippen LogP contribution in [0.15, 0.2) is 24.3 Å². The summed E-state index contributed by atoms with van der Waals surface area (Å²) in [5.74, 6) is 0. The van der Waals surface area contributed by atoms with Gasteiger partial charge in [0.25, 0.3) is 0 Å². The van der Waals surface area contributed by atoms with E-state index in [0.717, 1.165) is 31.6 Å². The number of nitrogens with zero attached hydrogens (tertiary/aromatic N) is 1. The second-order valence-corrected chi connectivity index (χ2v) is 5.91. The number of nitrogens with one attached hydrogen (secondary N) is 2. The molecule has 0 radical (unpaired) electrons. The first kappa shape index (κ1) is 13.4. The van der Waals surface area contributed by atoms with Gasteiger partial charge in [-0.05, 0) is 56.8 Å². The fourth-order valence-corrected chi connectivity index (χ4v) is 3.42. The topological polar surface area (TPSA) is 44.4 Å². The van der Waals surface area contributed by atoms with Crippen molar-refractivity contribution in [3.8, 4) is 0 Å². The zero-order valence-corrected chi connectivity index (χ0v) is 12.1. The minimum atomic E-state index is 0.0480. The first-order chi connectivity index (χ1) is 9.74. The van der Waals surface area contributed by atoms with Crippen molar-refractivity contribution in [2.45, 2.75) is 44.7 Å². The molecule has 0 aliphatic carbocycles. The summed E-state index contributed by atoms with van der Waals surface area (Å²) < 4.78 is 0. The van der Waals surface area contributed by atoms with E-state index in [-0.39, 0.29) is 6.03 Å². The zero-order chi connectivity index (χ0) is 13.9. The number of anilines is 1. The average molecular weight is 273 g/mol. The maximum atomic E-state index is 12.5. The molecule has 4 heteroatoms. The van der Waals surface area contributed by atoms with Crippen LogP contribution in [0.5, 0.6) is 0 Å². The molecule has 2 heterocycles. The monoisotopic (exact) mass is 273 g/mol. The molecule has 1 aromatic rings. The summed E-state index contributed by atoms with van der Waals surface area (Å²) in [7, 11) is 0. The number of benzene rings is 1. The van der Waals surface area contributed by atoms with Gasteiger partial charge in [0, 0.05) is 24.3 Å². The Morgan fingerprint density at radius 1 is 1.35 bits per heavy atom. The standard InChI is InChI=1S/C16H23N3O/c1-12-5-2-6-13(11-12)18-16(20)19-10-4-8-15(19)14-7-3-9-17-14/h2,5-6,11,14-15,17H,3-4,7-10H2,1H3,(H,18,20). The Morgan fingerprint density at radius 2 is 2.25 bits per heavy atom. The summed E-state index contributed by atoms with van der Waals surface area (Å²) in [5.41, 5.74) is 2.05. The van der Waals surface area contributed by atoms with Gasteiger partial charge in [0.05, 0.1) is 0 Å². The van der Waals surface area contributed by atoms with E-state index >= 15 is 0 Å². The number of hydrogen-bond donors (Lipinski definition) is 2. The molecule has 2 unspecified atom stereocenters. The Kier molecular flexibility index (Phi) is 3.92. The lowest BCUT2D eigenvalue weighted by Crippen LogP contribution is -2.48. The summed E-state index contributed by atoms with van der Waals surface area (Å²) in [6, 6.07) is 8.87. The number of carbonyl (C=O) groups excluding carboxylic acids is 1. The van der Waals surface area contributed by atoms with Gasteiger partial charge in [-0.3, -0.25) is 0 Å². The largest absolute Gasteiger partial charge is 0.322 e. The number of hydrogen-bond acceptors (Lipinski definition) is 2. The minimum Gasteiger partial charge on any atom is -0.320 e. The molecule has 0 saturated carbocycles. The molecule has 2 saturated heterocycles. The highest BCUT2D eigenvalue weighted by Gasteiger charge is 2.35. The molecule has 0 bridgehead atoms. The van der Waals surface area contributed by atoms with Crippen molar-refractivity contribution in [1.82, 2.24) is 10.2 Å². The third kappa shape index (κ3) is 2.80. The second-order valence-electron chi connectivity index (χ2n) is 5.91. The van der Waals surface area contributed by atoms with Gasteiger partial charge in [-0.2, -0.15) is 0 Å². The van der Waals surface area contributed by atoms with Gasteiger partial charge in [0.15, 0.2) is 0 Å². The van der Waals surface area contributed by atoms with Gasteiger partial charge in [-0.25, -0.2) is 4.79 Å². The highest BCUT2D eigenvalue weighted by Crippen LogP contribution is 2.25. The van der Waals surface area contributed by atoms with Crippen molar-refractivity contribution >= 4 is 11.7 Å². The zero-order valence-electron chi connectivity index (χ0n) is 12.1. The fourth-order valence-electron chi connectivity index (χ4n) is 3.42. The summed E-state index contributed by atoms with van der Waals surface area (Å²) in [6.07, 6.45) is 4.66. The molecule has 2 amide bonds. The van der Waals surface area contributed by atoms with Gasteiger partial charge in [0.2, 0.25) is 0 Å². The summed E-state index contributed by atoms with van der Waals surface area (Å²) in [5, 5.41) is 6.57. The quantitative estimate of drug-likeness (QED) is 0.870. The lowest BCUT2D eigenvalue weighted by Gasteiger charge is -2.29. The first-order valence-corrected chi connectivity index (χ1v) is 7.62. The molecule has 108 valence electrons. The van der Waals surface area contributed by atoms with E-state index in [1.807, 2.05) is 36.1 Å². The first-order valence-electron chi connectivity index (χ1n) is 7.62. The van der Waals surface area contributed by atoms with E-state index in [9.17, 15) is 4.79 Å². The van der Waals surface area contributed by atoms with Crippen LogP contribution in [-0.4, -0.2) is 36.1 Å². The Bertz CT molecular complexity index is 482. The normalized spacial score (nSPS) is 25.9. The van der Waals surface area contributed by atoms with Crippen molar-refractivity contribution in [2.75, 3.05) is 18.4 Å². The SMILES string of the molecule is Cc1cccc(NC(=O)N2CCCC2C2CCCN2)c1. The van der Waals surface area contributed by atoms with Crippen LogP contribution >= 0.6 is 0 Å². The number of rotatable bonds is 2. The van der Waals surface area contributed by atoms with Crippen LogP contribution in [0.4, 0.5) is 10.5 Å². The predicted octanol–water partition coefficient (Wildman–Crippen LogP) is 2.74. The number of likely N-dealkylation sites (tertiary alicyclic amines) is 1. The van der Waals surface area contributed by atoms with Crippen molar-refractivity contribution in [3.05, 3.63) is 29.8 Å². The fraction of sp³-hybridized carbons (Fsp3) is 0.562. The lowest BCUT2D eigenvalue weighted by atomic mass is 10.0. The Hall–Kier alpha value is -1.55. The van der Waals surface area contributed by atoms with E-state index in [0.29, 0.717) is 12.1 Å². The van der Waals surface area contributed by atoms with E-state index in [4.69, 9.17) is 0 Å². The second kappa shape index (κ2) is 5.83. The predicted molar refractivity (Wildman–Crippen MR) is 81.0 cm³/mol. The third-order valence-corrected chi connectivity index (χ3v) is 4.39. The molecule has 3 rings (SSSR count). The van der Waals surface area contributed by atoms with Crippen LogP contribution in [0.25, 0.3) is 0 Å². The van der Waals surface area contributed by atoms with Gasteiger partial charge in [-0.15, -0.1) is 0 Å². The van der Waals surface area contributed by atoms with Crippen LogP contribution < -0.4 is 10.6 Å². The van der Waals surface area contributed by atoms with Gasteiger partial charge in [0.1, 0.15) is 0 Å². The number of amides is 2. The summed E-state index contributed by atoms with van der Waals surface area (Å²) >= 11 is 0. The van der Waals surface area contributed by atoms with Crippen molar-refractivity contribution < 1.29 is 4.79 Å². The van der Waals surface area contributed by atoms with E-state index < -0.39 is 0 Å². The molecular weight excluding hydrogens is 250 g/mol. The van der Waals surface area contributed by atoms with Crippen molar-refractivity contribution in [1.29, 1.82) is 0 Å². The van der Waals surface area contributed by atoms with Crippen LogP contribution in [0.3, 0.4) is 0 Å². The Labute approximate surface area is 120 Å². The molecule has 4 nitrogen and oxygen atoms in total. The molecule has 2 atom stereocenters. The van der Waals surface area contributed by atoms with Crippen LogP contribution in [0, 0.1) is 6.92 Å². The average Bonchev–Trinajstić information content (AvgIpc) is 3.09. The third-order valence-electron chi connectivity index (χ3n) is 4.39. The maximum Gasteiger partial charge on any atom is 0.322 e. The molecule has 2 aliphatic rings. The molecule has 20 heavy (non-hydrogen) atoms. The highest BCUT2D eigenvalue weighted by molar-refractivity contribution is 5.89.